The highest BCUT2D eigenvalue weighted by molar-refractivity contribution is 6.35. The molecule has 5 rings (SSSR count). The molecule has 0 amide bonds. The normalized spacial score (nSPS) is 13.8. The molecule has 4 aromatic rings. The number of fused-ring (bicyclic) bond motifs is 1. The van der Waals surface area contributed by atoms with E-state index in [-0.39, 0.29) is 30.4 Å². The molecule has 0 saturated carbocycles. The summed E-state index contributed by atoms with van der Waals surface area (Å²) in [5.74, 6) is 0.979. The third kappa shape index (κ3) is 6.39. The minimum atomic E-state index is -0.620. The molecule has 0 spiro atoms. The molecular weight excluding hydrogens is 579 g/mol. The molecule has 2 N–H and O–H groups in total. The number of allylic oxidation sites excluding steroid dienone is 1. The van der Waals surface area contributed by atoms with Crippen molar-refractivity contribution in [2.24, 2.45) is 5.73 Å². The number of carbonyl (C=O) groups is 1. The summed E-state index contributed by atoms with van der Waals surface area (Å²) in [6.07, 6.45) is 0. The Morgan fingerprint density at radius 2 is 1.69 bits per heavy atom. The Morgan fingerprint density at radius 3 is 2.40 bits per heavy atom. The summed E-state index contributed by atoms with van der Waals surface area (Å²) >= 11 is 12.2. The van der Waals surface area contributed by atoms with E-state index >= 15 is 0 Å². The van der Waals surface area contributed by atoms with Gasteiger partial charge in [0, 0.05) is 27.2 Å². The number of ether oxygens (including phenoxy) is 5. The molecule has 212 valence electrons. The number of hydrogen-bond donors (Lipinski definition) is 1. The molecule has 1 aliphatic rings. The lowest BCUT2D eigenvalue weighted by Gasteiger charge is -2.26. The molecule has 42 heavy (non-hydrogen) atoms. The van der Waals surface area contributed by atoms with E-state index in [2.05, 4.69) is 6.07 Å². The predicted molar refractivity (Wildman–Crippen MR) is 157 cm³/mol. The Morgan fingerprint density at radius 1 is 0.952 bits per heavy atom. The van der Waals surface area contributed by atoms with Crippen molar-refractivity contribution in [1.29, 1.82) is 5.26 Å². The summed E-state index contributed by atoms with van der Waals surface area (Å²) in [6, 6.07) is 26.6. The number of nitriles is 1. The van der Waals surface area contributed by atoms with E-state index in [1.807, 2.05) is 18.2 Å². The first-order chi connectivity index (χ1) is 20.4. The first-order valence-electron chi connectivity index (χ1n) is 12.7. The lowest BCUT2D eigenvalue weighted by molar-refractivity contribution is -0.136. The van der Waals surface area contributed by atoms with Gasteiger partial charge >= 0.3 is 5.97 Å². The van der Waals surface area contributed by atoms with Gasteiger partial charge in [0.1, 0.15) is 35.5 Å². The summed E-state index contributed by atoms with van der Waals surface area (Å²) in [5.41, 5.74) is 8.69. The maximum Gasteiger partial charge on any atom is 0.349 e. The monoisotopic (exact) mass is 602 g/mol. The quantitative estimate of drug-likeness (QED) is 0.165. The van der Waals surface area contributed by atoms with E-state index in [0.29, 0.717) is 38.6 Å². The van der Waals surface area contributed by atoms with Crippen molar-refractivity contribution in [1.82, 2.24) is 0 Å². The van der Waals surface area contributed by atoms with Gasteiger partial charge < -0.3 is 29.4 Å². The summed E-state index contributed by atoms with van der Waals surface area (Å²) in [5, 5.41) is 11.0. The van der Waals surface area contributed by atoms with Crippen LogP contribution < -0.4 is 29.4 Å². The fourth-order valence-corrected chi connectivity index (χ4v) is 4.90. The molecule has 0 fully saturated rings. The van der Waals surface area contributed by atoms with Gasteiger partial charge in [0.25, 0.3) is 0 Å². The summed E-state index contributed by atoms with van der Waals surface area (Å²) in [6.45, 7) is -0.0720. The molecular formula is C32H24Cl2N2O6. The van der Waals surface area contributed by atoms with Crippen LogP contribution in [0.15, 0.2) is 96.4 Å². The molecule has 1 heterocycles. The Bertz CT molecular complexity index is 1700. The maximum absolute atomic E-state index is 12.5. The van der Waals surface area contributed by atoms with Crippen LogP contribution in [-0.4, -0.2) is 19.7 Å². The average molecular weight is 603 g/mol. The molecule has 1 unspecified atom stereocenters. The first-order valence-corrected chi connectivity index (χ1v) is 13.5. The second kappa shape index (κ2) is 12.8. The van der Waals surface area contributed by atoms with Crippen molar-refractivity contribution in [3.8, 4) is 34.8 Å². The zero-order chi connectivity index (χ0) is 29.6. The van der Waals surface area contributed by atoms with Crippen molar-refractivity contribution < 1.29 is 28.5 Å². The topological polar surface area (TPSA) is 113 Å². The molecule has 0 aliphatic carbocycles. The highest BCUT2D eigenvalue weighted by Crippen LogP contribution is 2.43. The Hall–Kier alpha value is -4.84. The molecule has 4 aromatic carbocycles. The number of nitrogens with zero attached hydrogens (tertiary/aromatic N) is 1. The molecule has 0 bridgehead atoms. The molecule has 1 aliphatic heterocycles. The van der Waals surface area contributed by atoms with Crippen LogP contribution in [0, 0.1) is 11.3 Å². The van der Waals surface area contributed by atoms with Gasteiger partial charge in [0.05, 0.1) is 13.0 Å². The van der Waals surface area contributed by atoms with Crippen LogP contribution in [0.4, 0.5) is 0 Å². The van der Waals surface area contributed by atoms with Gasteiger partial charge in [-0.05, 0) is 48.0 Å². The highest BCUT2D eigenvalue weighted by atomic mass is 35.5. The van der Waals surface area contributed by atoms with Gasteiger partial charge in [-0.1, -0.05) is 59.6 Å². The van der Waals surface area contributed by atoms with Crippen LogP contribution in [-0.2, 0) is 11.4 Å². The minimum absolute atomic E-state index is 0.0318. The van der Waals surface area contributed by atoms with Gasteiger partial charge in [-0.15, -0.1) is 0 Å². The van der Waals surface area contributed by atoms with Gasteiger partial charge in [-0.25, -0.2) is 4.79 Å². The third-order valence-corrected chi connectivity index (χ3v) is 7.05. The van der Waals surface area contributed by atoms with Crippen LogP contribution in [0.2, 0.25) is 10.0 Å². The van der Waals surface area contributed by atoms with Crippen LogP contribution in [0.3, 0.4) is 0 Å². The Kier molecular flexibility index (Phi) is 8.72. The predicted octanol–water partition coefficient (Wildman–Crippen LogP) is 6.78. The van der Waals surface area contributed by atoms with E-state index in [1.54, 1.807) is 66.7 Å². The lowest BCUT2D eigenvalue weighted by atomic mass is 9.83. The molecule has 0 radical (unpaired) electrons. The smallest absolute Gasteiger partial charge is 0.349 e. The van der Waals surface area contributed by atoms with Gasteiger partial charge in [-0.3, -0.25) is 0 Å². The van der Waals surface area contributed by atoms with E-state index in [1.165, 1.54) is 7.11 Å². The fraction of sp³-hybridized carbons (Fsp3) is 0.125. The number of methoxy groups -OCH3 is 1. The Labute approximate surface area is 252 Å². The number of rotatable bonds is 9. The molecule has 10 heteroatoms. The van der Waals surface area contributed by atoms with Crippen molar-refractivity contribution in [2.75, 3.05) is 13.7 Å². The zero-order valence-electron chi connectivity index (χ0n) is 22.3. The summed E-state index contributed by atoms with van der Waals surface area (Å²) in [7, 11) is 1.51. The first kappa shape index (κ1) is 28.7. The third-order valence-electron chi connectivity index (χ3n) is 6.46. The fourth-order valence-electron chi connectivity index (χ4n) is 4.43. The lowest BCUT2D eigenvalue weighted by Crippen LogP contribution is -2.21. The van der Waals surface area contributed by atoms with E-state index in [9.17, 15) is 10.1 Å². The second-order valence-electron chi connectivity index (χ2n) is 9.13. The number of para-hydroxylation sites is 2. The maximum atomic E-state index is 12.5. The minimum Gasteiger partial charge on any atom is -0.493 e. The number of nitrogens with two attached hydrogens (primary N) is 1. The van der Waals surface area contributed by atoms with Crippen LogP contribution >= 0.6 is 23.2 Å². The largest absolute Gasteiger partial charge is 0.493 e. The van der Waals surface area contributed by atoms with Gasteiger partial charge in [-0.2, -0.15) is 5.26 Å². The van der Waals surface area contributed by atoms with E-state index in [0.717, 1.165) is 11.1 Å². The molecule has 0 aromatic heterocycles. The van der Waals surface area contributed by atoms with Crippen LogP contribution in [0.25, 0.3) is 0 Å². The number of halogens is 2. The van der Waals surface area contributed by atoms with Crippen molar-refractivity contribution in [3.05, 3.63) is 123 Å². The van der Waals surface area contributed by atoms with E-state index < -0.39 is 11.9 Å². The van der Waals surface area contributed by atoms with Crippen LogP contribution in [0.1, 0.15) is 22.6 Å². The number of esters is 1. The zero-order valence-corrected chi connectivity index (χ0v) is 23.8. The highest BCUT2D eigenvalue weighted by Gasteiger charge is 2.31. The number of hydrogen-bond acceptors (Lipinski definition) is 8. The molecule has 1 atom stereocenters. The standard InChI is InChI=1S/C32H24Cl2N2O6/c1-38-27-4-2-3-5-28(27)40-18-30(37)41-23-12-13-24-29(15-23)42-32(36)25(16-35)31(24)19-7-10-22(11-8-19)39-17-20-6-9-21(33)14-26(20)34/h2-15,31H,17-18,36H2,1H3. The molecule has 0 saturated heterocycles. The number of carbonyl (C=O) groups excluding carboxylic acids is 1. The average Bonchev–Trinajstić information content (AvgIpc) is 2.99. The second-order valence-corrected chi connectivity index (χ2v) is 9.98. The van der Waals surface area contributed by atoms with Crippen LogP contribution in [0.5, 0.6) is 28.7 Å². The van der Waals surface area contributed by atoms with Crippen molar-refractivity contribution in [2.45, 2.75) is 12.5 Å². The Balaban J connectivity index is 1.30. The van der Waals surface area contributed by atoms with Gasteiger partial charge in [0.15, 0.2) is 18.1 Å². The van der Waals surface area contributed by atoms with Crippen molar-refractivity contribution in [3.63, 3.8) is 0 Å². The summed E-state index contributed by atoms with van der Waals surface area (Å²) < 4.78 is 27.9. The molecule has 8 nitrogen and oxygen atoms in total. The van der Waals surface area contributed by atoms with E-state index in [4.69, 9.17) is 52.6 Å². The number of benzene rings is 4. The SMILES string of the molecule is COc1ccccc1OCC(=O)Oc1ccc2c(c1)OC(N)=C(C#N)C2c1ccc(OCc2ccc(Cl)cc2Cl)cc1. The van der Waals surface area contributed by atoms with Gasteiger partial charge in [0.2, 0.25) is 5.88 Å². The van der Waals surface area contributed by atoms with Crippen molar-refractivity contribution >= 4 is 29.2 Å². The summed E-state index contributed by atoms with van der Waals surface area (Å²) in [4.78, 5) is 12.5.